The third-order valence-electron chi connectivity index (χ3n) is 6.14. The van der Waals surface area contributed by atoms with Crippen LogP contribution in [-0.4, -0.2) is 40.5 Å². The molecule has 1 amide bonds. The lowest BCUT2D eigenvalue weighted by Gasteiger charge is -2.58. The monoisotopic (exact) mass is 405 g/mol. The number of ether oxygens (including phenoxy) is 1. The smallest absolute Gasteiger partial charge is 0.308 e. The number of ketones is 1. The van der Waals surface area contributed by atoms with Crippen molar-refractivity contribution in [2.75, 3.05) is 6.54 Å². The highest BCUT2D eigenvalue weighted by molar-refractivity contribution is 9.10. The normalized spacial score (nSPS) is 33.3. The molecule has 1 saturated heterocycles. The van der Waals surface area contributed by atoms with Gasteiger partial charge in [0.15, 0.2) is 0 Å². The number of carbonyl (C=O) groups is 3. The summed E-state index contributed by atoms with van der Waals surface area (Å²) in [5, 5.41) is 0. The Morgan fingerprint density at radius 3 is 2.96 bits per heavy atom. The maximum atomic E-state index is 12.6. The molecule has 132 valence electrons. The Morgan fingerprint density at radius 1 is 1.44 bits per heavy atom. The molecule has 4 rings (SSSR count). The van der Waals surface area contributed by atoms with Gasteiger partial charge in [-0.25, -0.2) is 0 Å². The Balaban J connectivity index is 1.91. The maximum Gasteiger partial charge on any atom is 0.308 e. The van der Waals surface area contributed by atoms with Crippen molar-refractivity contribution in [3.63, 3.8) is 0 Å². The van der Waals surface area contributed by atoms with Gasteiger partial charge in [0.1, 0.15) is 11.5 Å². The Hall–Kier alpha value is -1.69. The van der Waals surface area contributed by atoms with E-state index in [4.69, 9.17) is 4.74 Å². The number of esters is 1. The summed E-state index contributed by atoms with van der Waals surface area (Å²) < 4.78 is 5.52. The quantitative estimate of drug-likeness (QED) is 0.328. The first-order valence-corrected chi connectivity index (χ1v) is 9.56. The molecule has 4 atom stereocenters. The summed E-state index contributed by atoms with van der Waals surface area (Å²) in [6.07, 6.45) is 3.55. The molecule has 1 aliphatic heterocycles. The van der Waals surface area contributed by atoms with E-state index in [0.29, 0.717) is 25.1 Å². The van der Waals surface area contributed by atoms with Crippen LogP contribution >= 0.6 is 15.9 Å². The zero-order chi connectivity index (χ0) is 17.8. The zero-order valence-corrected chi connectivity index (χ0v) is 15.6. The van der Waals surface area contributed by atoms with Crippen LogP contribution in [0.25, 0.3) is 0 Å². The maximum absolute atomic E-state index is 12.6. The highest BCUT2D eigenvalue weighted by atomic mass is 79.9. The molecule has 4 unspecified atom stereocenters. The second-order valence-electron chi connectivity index (χ2n) is 7.36. The number of halogens is 1. The number of Topliss-reactive ketones (excluding diaryl/α,β-unsaturated/α-hetero) is 1. The van der Waals surface area contributed by atoms with Gasteiger partial charge in [0.2, 0.25) is 6.41 Å². The minimum atomic E-state index is -0.352. The average Bonchev–Trinajstić information content (AvgIpc) is 2.55. The van der Waals surface area contributed by atoms with Gasteiger partial charge in [-0.3, -0.25) is 14.4 Å². The number of likely N-dealkylation sites (tertiary alicyclic amines) is 1. The molecule has 1 heterocycles. The number of amides is 1. The summed E-state index contributed by atoms with van der Waals surface area (Å²) in [5.74, 6) is 0.612. The number of benzene rings is 1. The Kier molecular flexibility index (Phi) is 3.98. The van der Waals surface area contributed by atoms with E-state index in [1.54, 1.807) is 0 Å². The third kappa shape index (κ3) is 2.45. The predicted octanol–water partition coefficient (Wildman–Crippen LogP) is 2.38. The van der Waals surface area contributed by atoms with E-state index in [1.165, 1.54) is 6.92 Å². The molecule has 0 radical (unpaired) electrons. The highest BCUT2D eigenvalue weighted by Crippen LogP contribution is 2.57. The van der Waals surface area contributed by atoms with Crippen molar-refractivity contribution in [3.8, 4) is 5.75 Å². The summed E-state index contributed by atoms with van der Waals surface area (Å²) >= 11 is 3.52. The molecule has 5 nitrogen and oxygen atoms in total. The molecular weight excluding hydrogens is 386 g/mol. The standard InChI is InChI=1S/C19H20BrNO4/c1-11(23)25-17-4-2-3-12-7-15-13-8-14(20)16(24)9-19(13,18(12)17)5-6-21(15)10-22/h2-4,10,13-15H,5-9H2,1H3. The molecule has 0 N–H and O–H groups in total. The molecule has 25 heavy (non-hydrogen) atoms. The number of rotatable bonds is 2. The van der Waals surface area contributed by atoms with Crippen LogP contribution in [0.5, 0.6) is 5.75 Å². The number of nitrogens with zero attached hydrogens (tertiary/aromatic N) is 1. The molecule has 1 aromatic rings. The van der Waals surface area contributed by atoms with Crippen LogP contribution in [-0.2, 0) is 26.2 Å². The van der Waals surface area contributed by atoms with Crippen LogP contribution in [0, 0.1) is 5.92 Å². The van der Waals surface area contributed by atoms with Gasteiger partial charge in [-0.1, -0.05) is 28.1 Å². The SMILES string of the molecule is CC(=O)Oc1cccc2c1C13CCN(C=O)C(C2)C1CC(Br)C(=O)C3. The van der Waals surface area contributed by atoms with E-state index < -0.39 is 0 Å². The molecule has 3 aliphatic rings. The number of fused-ring (bicyclic) bond motifs is 1. The number of alkyl halides is 1. The van der Waals surface area contributed by atoms with Crippen molar-refractivity contribution < 1.29 is 19.1 Å². The van der Waals surface area contributed by atoms with Gasteiger partial charge in [-0.15, -0.1) is 0 Å². The van der Waals surface area contributed by atoms with Gasteiger partial charge in [-0.05, 0) is 36.8 Å². The Labute approximate surface area is 154 Å². The third-order valence-corrected chi connectivity index (χ3v) is 7.03. The van der Waals surface area contributed by atoms with E-state index >= 15 is 0 Å². The second kappa shape index (κ2) is 5.94. The molecule has 2 aliphatic carbocycles. The molecule has 6 heteroatoms. The predicted molar refractivity (Wildman–Crippen MR) is 94.8 cm³/mol. The minimum Gasteiger partial charge on any atom is -0.426 e. The summed E-state index contributed by atoms with van der Waals surface area (Å²) in [7, 11) is 0. The van der Waals surface area contributed by atoms with Crippen LogP contribution in [0.3, 0.4) is 0 Å². The van der Waals surface area contributed by atoms with Crippen LogP contribution in [0.1, 0.15) is 37.3 Å². The molecule has 1 aromatic carbocycles. The first-order chi connectivity index (χ1) is 12.0. The molecular formula is C19H20BrNO4. The van der Waals surface area contributed by atoms with Crippen molar-refractivity contribution in [1.82, 2.24) is 4.90 Å². The van der Waals surface area contributed by atoms with Crippen molar-refractivity contribution in [3.05, 3.63) is 29.3 Å². The summed E-state index contributed by atoms with van der Waals surface area (Å²) in [6.45, 7) is 2.04. The van der Waals surface area contributed by atoms with E-state index in [9.17, 15) is 14.4 Å². The molecule has 2 fully saturated rings. The molecule has 0 aromatic heterocycles. The van der Waals surface area contributed by atoms with Crippen molar-refractivity contribution in [2.24, 2.45) is 5.92 Å². The first-order valence-electron chi connectivity index (χ1n) is 8.65. The molecule has 1 saturated carbocycles. The van der Waals surface area contributed by atoms with Crippen LogP contribution < -0.4 is 4.74 Å². The van der Waals surface area contributed by atoms with Crippen LogP contribution in [0.4, 0.5) is 0 Å². The minimum absolute atomic E-state index is 0.0967. The Morgan fingerprint density at radius 2 is 2.24 bits per heavy atom. The van der Waals surface area contributed by atoms with Gasteiger partial charge < -0.3 is 9.64 Å². The van der Waals surface area contributed by atoms with Gasteiger partial charge in [-0.2, -0.15) is 0 Å². The highest BCUT2D eigenvalue weighted by Gasteiger charge is 2.58. The zero-order valence-electron chi connectivity index (χ0n) is 14.0. The van der Waals surface area contributed by atoms with Crippen molar-refractivity contribution in [1.29, 1.82) is 0 Å². The fourth-order valence-corrected chi connectivity index (χ4v) is 5.79. The number of hydrogen-bond acceptors (Lipinski definition) is 4. The van der Waals surface area contributed by atoms with E-state index in [2.05, 4.69) is 15.9 Å². The lowest BCUT2D eigenvalue weighted by atomic mass is 9.52. The number of piperidine rings is 1. The molecule has 2 bridgehead atoms. The fraction of sp³-hybridized carbons (Fsp3) is 0.526. The fourth-order valence-electron chi connectivity index (χ4n) is 5.22. The lowest BCUT2D eigenvalue weighted by Crippen LogP contribution is -2.63. The van der Waals surface area contributed by atoms with Crippen LogP contribution in [0.15, 0.2) is 18.2 Å². The molecule has 0 spiro atoms. The van der Waals surface area contributed by atoms with E-state index in [-0.39, 0.29) is 34.0 Å². The number of carbonyl (C=O) groups excluding carboxylic acids is 3. The summed E-state index contributed by atoms with van der Waals surface area (Å²) in [4.78, 5) is 37.5. The average molecular weight is 406 g/mol. The summed E-state index contributed by atoms with van der Waals surface area (Å²) in [6, 6.07) is 5.84. The first kappa shape index (κ1) is 16.8. The van der Waals surface area contributed by atoms with Gasteiger partial charge in [0.25, 0.3) is 0 Å². The number of hydrogen-bond donors (Lipinski definition) is 0. The van der Waals surface area contributed by atoms with Crippen molar-refractivity contribution in [2.45, 2.75) is 48.9 Å². The van der Waals surface area contributed by atoms with Crippen molar-refractivity contribution >= 4 is 34.1 Å². The largest absolute Gasteiger partial charge is 0.426 e. The van der Waals surface area contributed by atoms with Gasteiger partial charge >= 0.3 is 5.97 Å². The van der Waals surface area contributed by atoms with Crippen LogP contribution in [0.2, 0.25) is 0 Å². The Bertz CT molecular complexity index is 764. The summed E-state index contributed by atoms with van der Waals surface area (Å²) in [5.41, 5.74) is 1.77. The van der Waals surface area contributed by atoms with E-state index in [0.717, 1.165) is 30.4 Å². The van der Waals surface area contributed by atoms with Gasteiger partial charge in [0, 0.05) is 36.9 Å². The second-order valence-corrected chi connectivity index (χ2v) is 8.46. The topological polar surface area (TPSA) is 63.7 Å². The van der Waals surface area contributed by atoms with Gasteiger partial charge in [0.05, 0.1) is 4.83 Å². The van der Waals surface area contributed by atoms with E-state index in [1.807, 2.05) is 23.1 Å². The lowest BCUT2D eigenvalue weighted by molar-refractivity contribution is -0.132.